The standard InChI is InChI=1S/C29H28O5/c1-4-32-23-13-11-20-7-5-9-25(27(20)15-23)26-10-6-8-21-12-14-24(16-28(21)26)33-17-22(30)18-34-29(31)19(2)3/h5-16,22,30H,2,4,17-18H2,1,3H3. The Morgan fingerprint density at radius 1 is 0.853 bits per heavy atom. The summed E-state index contributed by atoms with van der Waals surface area (Å²) in [6.07, 6.45) is -0.940. The molecule has 174 valence electrons. The Morgan fingerprint density at radius 2 is 1.41 bits per heavy atom. The first-order valence-electron chi connectivity index (χ1n) is 11.3. The van der Waals surface area contributed by atoms with Crippen LogP contribution in [0.2, 0.25) is 0 Å². The minimum Gasteiger partial charge on any atom is -0.494 e. The van der Waals surface area contributed by atoms with Crippen molar-refractivity contribution in [3.8, 4) is 22.6 Å². The third-order valence-electron chi connectivity index (χ3n) is 5.51. The van der Waals surface area contributed by atoms with Gasteiger partial charge in [-0.1, -0.05) is 55.1 Å². The number of carbonyl (C=O) groups excluding carboxylic acids is 1. The van der Waals surface area contributed by atoms with Crippen LogP contribution in [0.3, 0.4) is 0 Å². The zero-order chi connectivity index (χ0) is 24.1. The van der Waals surface area contributed by atoms with Crippen molar-refractivity contribution in [2.45, 2.75) is 20.0 Å². The Hall–Kier alpha value is -3.83. The number of aliphatic hydroxyl groups excluding tert-OH is 1. The smallest absolute Gasteiger partial charge is 0.333 e. The molecule has 0 spiro atoms. The van der Waals surface area contributed by atoms with E-state index in [1.165, 1.54) is 0 Å². The van der Waals surface area contributed by atoms with Gasteiger partial charge in [-0.15, -0.1) is 0 Å². The molecule has 0 bridgehead atoms. The average Bonchev–Trinajstić information content (AvgIpc) is 2.85. The molecule has 0 saturated carbocycles. The summed E-state index contributed by atoms with van der Waals surface area (Å²) in [5.74, 6) is 0.936. The summed E-state index contributed by atoms with van der Waals surface area (Å²) in [7, 11) is 0. The van der Waals surface area contributed by atoms with Crippen LogP contribution in [0, 0.1) is 0 Å². The van der Waals surface area contributed by atoms with Gasteiger partial charge in [-0.2, -0.15) is 0 Å². The van der Waals surface area contributed by atoms with Crippen molar-refractivity contribution in [1.29, 1.82) is 0 Å². The van der Waals surface area contributed by atoms with Crippen molar-refractivity contribution >= 4 is 27.5 Å². The Labute approximate surface area is 199 Å². The molecule has 0 aromatic heterocycles. The van der Waals surface area contributed by atoms with Crippen molar-refractivity contribution in [3.63, 3.8) is 0 Å². The van der Waals surface area contributed by atoms with E-state index in [0.29, 0.717) is 12.4 Å². The maximum Gasteiger partial charge on any atom is 0.333 e. The number of ether oxygens (including phenoxy) is 3. The van der Waals surface area contributed by atoms with Gasteiger partial charge in [0.15, 0.2) is 0 Å². The van der Waals surface area contributed by atoms with Crippen molar-refractivity contribution < 1.29 is 24.1 Å². The van der Waals surface area contributed by atoms with Crippen LogP contribution in [0.4, 0.5) is 0 Å². The zero-order valence-corrected chi connectivity index (χ0v) is 19.4. The van der Waals surface area contributed by atoms with Gasteiger partial charge in [-0.25, -0.2) is 4.79 Å². The van der Waals surface area contributed by atoms with Crippen LogP contribution >= 0.6 is 0 Å². The Balaban J connectivity index is 1.63. The molecule has 1 atom stereocenters. The first kappa shape index (κ1) is 23.3. The second-order valence-corrected chi connectivity index (χ2v) is 8.15. The predicted molar refractivity (Wildman–Crippen MR) is 135 cm³/mol. The molecule has 0 aliphatic heterocycles. The Morgan fingerprint density at radius 3 is 1.94 bits per heavy atom. The van der Waals surface area contributed by atoms with Crippen LogP contribution in [0.15, 0.2) is 84.9 Å². The minimum absolute atomic E-state index is 0.00310. The van der Waals surface area contributed by atoms with Gasteiger partial charge >= 0.3 is 5.97 Å². The summed E-state index contributed by atoms with van der Waals surface area (Å²) in [5.41, 5.74) is 2.48. The lowest BCUT2D eigenvalue weighted by Gasteiger charge is -2.15. The predicted octanol–water partition coefficient (Wildman–Crippen LogP) is 5.92. The second-order valence-electron chi connectivity index (χ2n) is 8.15. The maximum absolute atomic E-state index is 11.5. The third-order valence-corrected chi connectivity index (χ3v) is 5.51. The highest BCUT2D eigenvalue weighted by atomic mass is 16.5. The van der Waals surface area contributed by atoms with E-state index in [1.54, 1.807) is 6.92 Å². The van der Waals surface area contributed by atoms with Crippen molar-refractivity contribution in [1.82, 2.24) is 0 Å². The van der Waals surface area contributed by atoms with Gasteiger partial charge in [-0.3, -0.25) is 0 Å². The molecule has 34 heavy (non-hydrogen) atoms. The molecule has 1 unspecified atom stereocenters. The fourth-order valence-corrected chi connectivity index (χ4v) is 3.86. The fourth-order valence-electron chi connectivity index (χ4n) is 3.86. The first-order chi connectivity index (χ1) is 16.5. The number of hydrogen-bond donors (Lipinski definition) is 1. The van der Waals surface area contributed by atoms with Gasteiger partial charge in [0, 0.05) is 5.57 Å². The highest BCUT2D eigenvalue weighted by molar-refractivity contribution is 6.06. The summed E-state index contributed by atoms with van der Waals surface area (Å²) in [4.78, 5) is 11.5. The molecule has 0 saturated heterocycles. The zero-order valence-electron chi connectivity index (χ0n) is 19.4. The van der Waals surface area contributed by atoms with E-state index in [9.17, 15) is 9.90 Å². The molecule has 0 heterocycles. The number of benzene rings is 4. The van der Waals surface area contributed by atoms with E-state index in [4.69, 9.17) is 14.2 Å². The van der Waals surface area contributed by atoms with Gasteiger partial charge in [0.1, 0.15) is 30.8 Å². The topological polar surface area (TPSA) is 65.0 Å². The van der Waals surface area contributed by atoms with Gasteiger partial charge < -0.3 is 19.3 Å². The molecule has 0 radical (unpaired) electrons. The number of hydrogen-bond acceptors (Lipinski definition) is 5. The van der Waals surface area contributed by atoms with E-state index in [2.05, 4.69) is 49.0 Å². The highest BCUT2D eigenvalue weighted by Crippen LogP contribution is 2.36. The van der Waals surface area contributed by atoms with Crippen LogP contribution in [-0.4, -0.2) is 37.0 Å². The van der Waals surface area contributed by atoms with Gasteiger partial charge in [0.25, 0.3) is 0 Å². The highest BCUT2D eigenvalue weighted by Gasteiger charge is 2.12. The number of carbonyl (C=O) groups is 1. The van der Waals surface area contributed by atoms with Crippen LogP contribution in [0.5, 0.6) is 11.5 Å². The quantitative estimate of drug-likeness (QED) is 0.250. The minimum atomic E-state index is -0.940. The molecule has 0 fully saturated rings. The molecule has 5 nitrogen and oxygen atoms in total. The molecule has 0 aliphatic carbocycles. The summed E-state index contributed by atoms with van der Waals surface area (Å²) in [5, 5.41) is 14.5. The third kappa shape index (κ3) is 5.21. The largest absolute Gasteiger partial charge is 0.494 e. The number of aliphatic hydroxyl groups is 1. The number of rotatable bonds is 9. The Bertz CT molecular complexity index is 1340. The molecular formula is C29H28O5. The second kappa shape index (κ2) is 10.4. The monoisotopic (exact) mass is 456 g/mol. The molecule has 4 aromatic carbocycles. The van der Waals surface area contributed by atoms with Gasteiger partial charge in [0.2, 0.25) is 0 Å². The summed E-state index contributed by atoms with van der Waals surface area (Å²) >= 11 is 0. The van der Waals surface area contributed by atoms with E-state index in [0.717, 1.165) is 38.4 Å². The average molecular weight is 457 g/mol. The van der Waals surface area contributed by atoms with Gasteiger partial charge in [0.05, 0.1) is 6.61 Å². The molecule has 0 amide bonds. The fraction of sp³-hybridized carbons (Fsp3) is 0.207. The molecular weight excluding hydrogens is 428 g/mol. The molecule has 0 aliphatic rings. The summed E-state index contributed by atoms with van der Waals surface area (Å²) in [6.45, 7) is 7.53. The van der Waals surface area contributed by atoms with E-state index < -0.39 is 12.1 Å². The number of fused-ring (bicyclic) bond motifs is 2. The SMILES string of the molecule is C=C(C)C(=O)OCC(O)COc1ccc2cccc(-c3cccc4ccc(OCC)cc34)c2c1. The van der Waals surface area contributed by atoms with Gasteiger partial charge in [-0.05, 0) is 70.8 Å². The lowest BCUT2D eigenvalue weighted by molar-refractivity contribution is -0.142. The Kier molecular flexibility index (Phi) is 7.14. The molecule has 1 N–H and O–H groups in total. The van der Waals surface area contributed by atoms with E-state index in [-0.39, 0.29) is 18.8 Å². The molecule has 4 aromatic rings. The van der Waals surface area contributed by atoms with Crippen LogP contribution < -0.4 is 9.47 Å². The van der Waals surface area contributed by atoms with E-state index >= 15 is 0 Å². The normalized spacial score (nSPS) is 11.9. The van der Waals surface area contributed by atoms with Crippen molar-refractivity contribution in [2.75, 3.05) is 19.8 Å². The maximum atomic E-state index is 11.5. The van der Waals surface area contributed by atoms with Crippen molar-refractivity contribution in [3.05, 3.63) is 84.9 Å². The molecule has 5 heteroatoms. The molecule has 4 rings (SSSR count). The first-order valence-corrected chi connectivity index (χ1v) is 11.3. The summed E-state index contributed by atoms with van der Waals surface area (Å²) in [6, 6.07) is 24.5. The van der Waals surface area contributed by atoms with Crippen molar-refractivity contribution in [2.24, 2.45) is 0 Å². The van der Waals surface area contributed by atoms with Crippen LogP contribution in [0.25, 0.3) is 32.7 Å². The number of esters is 1. The van der Waals surface area contributed by atoms with Crippen LogP contribution in [0.1, 0.15) is 13.8 Å². The lowest BCUT2D eigenvalue weighted by atomic mass is 9.94. The van der Waals surface area contributed by atoms with E-state index in [1.807, 2.05) is 37.3 Å². The lowest BCUT2D eigenvalue weighted by Crippen LogP contribution is -2.25. The van der Waals surface area contributed by atoms with Crippen LogP contribution in [-0.2, 0) is 9.53 Å². The summed E-state index contributed by atoms with van der Waals surface area (Å²) < 4.78 is 16.5.